The molecule has 1 unspecified atom stereocenters. The number of rotatable bonds is 2. The Morgan fingerprint density at radius 1 is 1.25 bits per heavy atom. The Morgan fingerprint density at radius 3 is 2.75 bits per heavy atom. The van der Waals surface area contributed by atoms with Crippen molar-refractivity contribution in [2.24, 2.45) is 0 Å². The number of carbonyl (C=O) groups excluding carboxylic acids is 2. The molecule has 0 saturated carbocycles. The summed E-state index contributed by atoms with van der Waals surface area (Å²) in [5.41, 5.74) is 3.32. The number of amides is 2. The molecule has 0 fully saturated rings. The van der Waals surface area contributed by atoms with E-state index in [0.717, 1.165) is 16.7 Å². The quantitative estimate of drug-likeness (QED) is 0.627. The maximum Gasteiger partial charge on any atom is 0.260 e. The number of furan rings is 1. The molecule has 3 rings (SSSR count). The molecule has 1 aliphatic heterocycles. The van der Waals surface area contributed by atoms with Gasteiger partial charge in [-0.05, 0) is 23.3 Å². The zero-order valence-corrected chi connectivity index (χ0v) is 12.4. The van der Waals surface area contributed by atoms with E-state index in [2.05, 4.69) is 15.9 Å². The van der Waals surface area contributed by atoms with Crippen molar-refractivity contribution in [1.82, 2.24) is 4.90 Å². The van der Waals surface area contributed by atoms with Gasteiger partial charge in [-0.2, -0.15) is 0 Å². The minimum atomic E-state index is -0.245. The topological polar surface area (TPSA) is 50.5 Å². The van der Waals surface area contributed by atoms with Crippen LogP contribution >= 0.6 is 15.9 Å². The number of hydrogen-bond donors (Lipinski definition) is 0. The highest BCUT2D eigenvalue weighted by atomic mass is 79.9. The van der Waals surface area contributed by atoms with Gasteiger partial charge in [0.05, 0.1) is 23.8 Å². The van der Waals surface area contributed by atoms with Gasteiger partial charge in [0.25, 0.3) is 5.91 Å². The Balaban J connectivity index is 2.01. The molecule has 0 aliphatic carbocycles. The van der Waals surface area contributed by atoms with Gasteiger partial charge in [0, 0.05) is 18.2 Å². The maximum absolute atomic E-state index is 12.2. The van der Waals surface area contributed by atoms with E-state index in [1.54, 1.807) is 12.5 Å². The summed E-state index contributed by atoms with van der Waals surface area (Å²) in [5, 5.41) is 0. The lowest BCUT2D eigenvalue weighted by atomic mass is 9.94. The first-order chi connectivity index (χ1) is 9.58. The molecule has 0 saturated heterocycles. The second kappa shape index (κ2) is 4.90. The van der Waals surface area contributed by atoms with Crippen LogP contribution in [-0.4, -0.2) is 23.8 Å². The van der Waals surface area contributed by atoms with Crippen molar-refractivity contribution in [3.63, 3.8) is 0 Å². The van der Waals surface area contributed by atoms with Gasteiger partial charge in [0.2, 0.25) is 5.91 Å². The maximum atomic E-state index is 12.2. The van der Waals surface area contributed by atoms with Gasteiger partial charge in [0.1, 0.15) is 0 Å². The number of nitrogens with zero attached hydrogens (tertiary/aromatic N) is 1. The normalized spacial score (nSPS) is 16.2. The molecule has 0 bridgehead atoms. The van der Waals surface area contributed by atoms with E-state index in [4.69, 9.17) is 4.42 Å². The number of alkyl halides is 1. The van der Waals surface area contributed by atoms with E-state index in [-0.39, 0.29) is 23.1 Å². The van der Waals surface area contributed by atoms with Gasteiger partial charge >= 0.3 is 0 Å². The molecule has 1 aromatic carbocycles. The fourth-order valence-corrected chi connectivity index (χ4v) is 2.84. The SMILES string of the molecule is CN1C(=O)Cc2ccc(C(Br)c3ccoc3)cc2C1=O. The second-order valence-corrected chi connectivity index (χ2v) is 5.69. The number of imide groups is 1. The van der Waals surface area contributed by atoms with Crippen molar-refractivity contribution in [2.75, 3.05) is 7.05 Å². The number of halogens is 1. The summed E-state index contributed by atoms with van der Waals surface area (Å²) >= 11 is 3.60. The van der Waals surface area contributed by atoms with Gasteiger partial charge in [-0.3, -0.25) is 14.5 Å². The molecule has 2 heterocycles. The van der Waals surface area contributed by atoms with Crippen molar-refractivity contribution in [2.45, 2.75) is 11.2 Å². The third kappa shape index (κ3) is 2.08. The van der Waals surface area contributed by atoms with Crippen LogP contribution in [0.3, 0.4) is 0 Å². The standard InChI is InChI=1S/C15H12BrNO3/c1-17-13(18)7-9-2-3-10(6-12(9)15(17)19)14(16)11-4-5-20-8-11/h2-6,8,14H,7H2,1H3. The lowest BCUT2D eigenvalue weighted by molar-refractivity contribution is -0.127. The molecule has 2 aromatic rings. The smallest absolute Gasteiger partial charge is 0.260 e. The predicted octanol–water partition coefficient (Wildman–Crippen LogP) is 2.92. The van der Waals surface area contributed by atoms with Crippen LogP contribution in [0.5, 0.6) is 0 Å². The Bertz CT molecular complexity index is 678. The molecule has 20 heavy (non-hydrogen) atoms. The lowest BCUT2D eigenvalue weighted by Gasteiger charge is -2.24. The highest BCUT2D eigenvalue weighted by Gasteiger charge is 2.28. The molecule has 0 radical (unpaired) electrons. The highest BCUT2D eigenvalue weighted by Crippen LogP contribution is 2.33. The molecule has 102 valence electrons. The molecule has 0 N–H and O–H groups in total. The Hall–Kier alpha value is -1.88. The number of fused-ring (bicyclic) bond motifs is 1. The van der Waals surface area contributed by atoms with Crippen LogP contribution in [0.4, 0.5) is 0 Å². The largest absolute Gasteiger partial charge is 0.472 e. The highest BCUT2D eigenvalue weighted by molar-refractivity contribution is 9.09. The lowest BCUT2D eigenvalue weighted by Crippen LogP contribution is -2.39. The van der Waals surface area contributed by atoms with Crippen LogP contribution in [-0.2, 0) is 11.2 Å². The molecule has 1 aliphatic rings. The summed E-state index contributed by atoms with van der Waals surface area (Å²) in [4.78, 5) is 25.0. The van der Waals surface area contributed by atoms with E-state index in [1.165, 1.54) is 11.9 Å². The average molecular weight is 334 g/mol. The summed E-state index contributed by atoms with van der Waals surface area (Å²) in [5.74, 6) is -0.412. The van der Waals surface area contributed by atoms with Crippen molar-refractivity contribution < 1.29 is 14.0 Å². The van der Waals surface area contributed by atoms with Crippen LogP contribution in [0.25, 0.3) is 0 Å². The molecule has 4 nitrogen and oxygen atoms in total. The number of carbonyl (C=O) groups is 2. The van der Waals surface area contributed by atoms with Crippen LogP contribution < -0.4 is 0 Å². The second-order valence-electron chi connectivity index (χ2n) is 4.77. The number of likely N-dealkylation sites (N-methyl/N-ethyl adjacent to an activating group) is 1. The van der Waals surface area contributed by atoms with E-state index < -0.39 is 0 Å². The Labute approximate surface area is 124 Å². The fourth-order valence-electron chi connectivity index (χ4n) is 2.29. The van der Waals surface area contributed by atoms with Crippen LogP contribution in [0.15, 0.2) is 41.2 Å². The summed E-state index contributed by atoms with van der Waals surface area (Å²) in [6, 6.07) is 7.49. The summed E-state index contributed by atoms with van der Waals surface area (Å²) in [6.45, 7) is 0. The third-order valence-corrected chi connectivity index (χ3v) is 4.57. The number of benzene rings is 1. The van der Waals surface area contributed by atoms with Gasteiger partial charge in [-0.25, -0.2) is 0 Å². The molecule has 0 spiro atoms. The molecule has 1 atom stereocenters. The first kappa shape index (κ1) is 13.1. The first-order valence-corrected chi connectivity index (χ1v) is 7.09. The molecular formula is C15H12BrNO3. The van der Waals surface area contributed by atoms with Crippen molar-refractivity contribution in [3.05, 3.63) is 59.0 Å². The van der Waals surface area contributed by atoms with E-state index in [1.807, 2.05) is 24.3 Å². The van der Waals surface area contributed by atoms with Crippen molar-refractivity contribution in [1.29, 1.82) is 0 Å². The molecule has 1 aromatic heterocycles. The van der Waals surface area contributed by atoms with Crippen molar-refractivity contribution >= 4 is 27.7 Å². The number of hydrogen-bond acceptors (Lipinski definition) is 3. The minimum absolute atomic E-state index is 0.0396. The first-order valence-electron chi connectivity index (χ1n) is 6.18. The van der Waals surface area contributed by atoms with Gasteiger partial charge < -0.3 is 4.42 Å². The summed E-state index contributed by atoms with van der Waals surface area (Å²) in [7, 11) is 1.52. The van der Waals surface area contributed by atoms with Gasteiger partial charge in [-0.15, -0.1) is 0 Å². The average Bonchev–Trinajstić information content (AvgIpc) is 2.98. The zero-order valence-electron chi connectivity index (χ0n) is 10.8. The van der Waals surface area contributed by atoms with Crippen LogP contribution in [0, 0.1) is 0 Å². The van der Waals surface area contributed by atoms with Gasteiger partial charge in [-0.1, -0.05) is 28.1 Å². The Kier molecular flexibility index (Phi) is 3.22. The van der Waals surface area contributed by atoms with Crippen molar-refractivity contribution in [3.8, 4) is 0 Å². The fraction of sp³-hybridized carbons (Fsp3) is 0.200. The minimum Gasteiger partial charge on any atom is -0.472 e. The van der Waals surface area contributed by atoms with E-state index in [9.17, 15) is 9.59 Å². The van der Waals surface area contributed by atoms with Crippen LogP contribution in [0.2, 0.25) is 0 Å². The predicted molar refractivity (Wildman–Crippen MR) is 76.7 cm³/mol. The monoisotopic (exact) mass is 333 g/mol. The summed E-state index contributed by atoms with van der Waals surface area (Å²) in [6.07, 6.45) is 3.55. The molecular weight excluding hydrogens is 322 g/mol. The van der Waals surface area contributed by atoms with Gasteiger partial charge in [0.15, 0.2) is 0 Å². The zero-order chi connectivity index (χ0) is 14.3. The molecule has 5 heteroatoms. The van der Waals surface area contributed by atoms with E-state index in [0.29, 0.717) is 5.56 Å². The van der Waals surface area contributed by atoms with Crippen LogP contribution in [0.1, 0.15) is 31.9 Å². The third-order valence-electron chi connectivity index (χ3n) is 3.51. The Morgan fingerprint density at radius 2 is 2.05 bits per heavy atom. The summed E-state index contributed by atoms with van der Waals surface area (Å²) < 4.78 is 5.07. The molecule has 2 amide bonds. The van der Waals surface area contributed by atoms with E-state index >= 15 is 0 Å².